The molecule has 0 aliphatic heterocycles. The molecule has 1 aromatic heterocycles. The fraction of sp³-hybridized carbons (Fsp3) is 0.0667. The first-order valence-corrected chi connectivity index (χ1v) is 6.92. The van der Waals surface area contributed by atoms with Crippen LogP contribution in [0.15, 0.2) is 45.6 Å². The van der Waals surface area contributed by atoms with Crippen molar-refractivity contribution in [3.63, 3.8) is 0 Å². The average Bonchev–Trinajstić information content (AvgIpc) is 2.44. The Balaban J connectivity index is 2.30. The molecule has 0 saturated carbocycles. The first-order valence-electron chi connectivity index (χ1n) is 5.79. The van der Waals surface area contributed by atoms with Crippen LogP contribution in [-0.2, 0) is 3.79 Å². The highest BCUT2D eigenvalue weighted by Crippen LogP contribution is 2.37. The Kier molecular flexibility index (Phi) is 4.74. The lowest BCUT2D eigenvalue weighted by atomic mass is 10.1. The molecular formula is C15H8Cl3NO2. The van der Waals surface area contributed by atoms with Crippen LogP contribution in [0.4, 0.5) is 0 Å². The van der Waals surface area contributed by atoms with E-state index in [9.17, 15) is 4.79 Å². The number of alkyl halides is 3. The number of rotatable bonds is 2. The molecule has 21 heavy (non-hydrogen) atoms. The van der Waals surface area contributed by atoms with Gasteiger partial charge in [0.25, 0.3) is 0 Å². The molecule has 3 nitrogen and oxygen atoms in total. The van der Waals surface area contributed by atoms with Crippen LogP contribution in [0.3, 0.4) is 0 Å². The van der Waals surface area contributed by atoms with E-state index in [1.807, 2.05) is 6.07 Å². The minimum atomic E-state index is -1.79. The molecule has 1 aromatic carbocycles. The van der Waals surface area contributed by atoms with Crippen molar-refractivity contribution in [1.29, 1.82) is 5.26 Å². The van der Waals surface area contributed by atoms with E-state index >= 15 is 0 Å². The lowest BCUT2D eigenvalue weighted by Crippen LogP contribution is -2.07. The molecule has 2 aromatic rings. The summed E-state index contributed by atoms with van der Waals surface area (Å²) in [5.41, 5.74) is 1.40. The minimum absolute atomic E-state index is 0.0421. The molecule has 0 bridgehead atoms. The summed E-state index contributed by atoms with van der Waals surface area (Å²) < 4.78 is 3.05. The van der Waals surface area contributed by atoms with Gasteiger partial charge >= 0.3 is 5.63 Å². The summed E-state index contributed by atoms with van der Waals surface area (Å²) in [6.07, 6.45) is 3.47. The first-order chi connectivity index (χ1) is 9.88. The highest BCUT2D eigenvalue weighted by molar-refractivity contribution is 6.66. The van der Waals surface area contributed by atoms with Gasteiger partial charge in [-0.3, -0.25) is 0 Å². The van der Waals surface area contributed by atoms with Gasteiger partial charge in [-0.25, -0.2) is 4.79 Å². The van der Waals surface area contributed by atoms with Crippen molar-refractivity contribution in [2.45, 2.75) is 3.79 Å². The zero-order chi connectivity index (χ0) is 15.5. The van der Waals surface area contributed by atoms with E-state index in [1.165, 1.54) is 12.1 Å². The molecule has 6 heteroatoms. The van der Waals surface area contributed by atoms with Crippen LogP contribution in [0, 0.1) is 11.3 Å². The van der Waals surface area contributed by atoms with Gasteiger partial charge in [-0.15, -0.1) is 0 Å². The van der Waals surface area contributed by atoms with Crippen LogP contribution in [0.5, 0.6) is 0 Å². The van der Waals surface area contributed by atoms with E-state index in [0.29, 0.717) is 11.1 Å². The Morgan fingerprint density at radius 1 is 1.05 bits per heavy atom. The Labute approximate surface area is 136 Å². The van der Waals surface area contributed by atoms with Gasteiger partial charge in [0.1, 0.15) is 0 Å². The SMILES string of the molecule is N#Cc1ccc(C=Cc2cc(C(Cl)(Cl)Cl)oc(=O)c2)cc1. The van der Waals surface area contributed by atoms with Crippen LogP contribution >= 0.6 is 34.8 Å². The third-order valence-electron chi connectivity index (χ3n) is 2.58. The monoisotopic (exact) mass is 339 g/mol. The molecule has 0 amide bonds. The Morgan fingerprint density at radius 3 is 2.24 bits per heavy atom. The number of hydrogen-bond acceptors (Lipinski definition) is 3. The van der Waals surface area contributed by atoms with Gasteiger partial charge in [0.15, 0.2) is 5.76 Å². The van der Waals surface area contributed by atoms with Gasteiger partial charge in [0.2, 0.25) is 3.79 Å². The van der Waals surface area contributed by atoms with Crippen molar-refractivity contribution in [2.24, 2.45) is 0 Å². The third-order valence-corrected chi connectivity index (χ3v) is 3.14. The topological polar surface area (TPSA) is 54.0 Å². The lowest BCUT2D eigenvalue weighted by Gasteiger charge is -2.08. The summed E-state index contributed by atoms with van der Waals surface area (Å²) in [5.74, 6) is -0.0421. The first kappa shape index (κ1) is 15.7. The van der Waals surface area contributed by atoms with Crippen LogP contribution in [0.25, 0.3) is 12.2 Å². The second kappa shape index (κ2) is 6.36. The summed E-state index contributed by atoms with van der Waals surface area (Å²) in [4.78, 5) is 11.4. The van der Waals surface area contributed by atoms with Gasteiger partial charge < -0.3 is 4.42 Å². The molecule has 2 rings (SSSR count). The minimum Gasteiger partial charge on any atom is -0.423 e. The van der Waals surface area contributed by atoms with E-state index in [0.717, 1.165) is 5.56 Å². The van der Waals surface area contributed by atoms with E-state index in [2.05, 4.69) is 0 Å². The fourth-order valence-corrected chi connectivity index (χ4v) is 1.87. The lowest BCUT2D eigenvalue weighted by molar-refractivity contribution is 0.465. The van der Waals surface area contributed by atoms with Crippen molar-refractivity contribution in [2.75, 3.05) is 0 Å². The zero-order valence-electron chi connectivity index (χ0n) is 10.5. The average molecular weight is 341 g/mol. The van der Waals surface area contributed by atoms with Crippen LogP contribution < -0.4 is 5.63 Å². The third kappa shape index (κ3) is 4.37. The summed E-state index contributed by atoms with van der Waals surface area (Å²) in [6, 6.07) is 11.8. The molecule has 0 aliphatic rings. The molecule has 0 unspecified atom stereocenters. The van der Waals surface area contributed by atoms with Gasteiger partial charge in [0.05, 0.1) is 11.6 Å². The molecule has 106 valence electrons. The van der Waals surface area contributed by atoms with Crippen molar-refractivity contribution in [1.82, 2.24) is 0 Å². The molecule has 0 fully saturated rings. The van der Waals surface area contributed by atoms with Crippen molar-refractivity contribution in [3.8, 4) is 6.07 Å². The predicted octanol–water partition coefficient (Wildman–Crippen LogP) is 4.51. The van der Waals surface area contributed by atoms with Crippen molar-refractivity contribution >= 4 is 47.0 Å². The summed E-state index contributed by atoms with van der Waals surface area (Å²) in [5, 5.41) is 8.72. The van der Waals surface area contributed by atoms with E-state index in [1.54, 1.807) is 36.4 Å². The standard InChI is InChI=1S/C15H8Cl3NO2/c16-15(17,18)13-7-12(8-14(20)21-13)6-3-10-1-4-11(9-19)5-2-10/h1-8H. The van der Waals surface area contributed by atoms with Crippen LogP contribution in [0.2, 0.25) is 0 Å². The number of hydrogen-bond donors (Lipinski definition) is 0. The van der Waals surface area contributed by atoms with Crippen LogP contribution in [0.1, 0.15) is 22.5 Å². The van der Waals surface area contributed by atoms with Crippen molar-refractivity contribution < 1.29 is 4.42 Å². The Hall–Kier alpha value is -1.73. The molecule has 0 aliphatic carbocycles. The van der Waals surface area contributed by atoms with E-state index in [4.69, 9.17) is 44.5 Å². The largest absolute Gasteiger partial charge is 0.423 e. The quantitative estimate of drug-likeness (QED) is 0.756. The van der Waals surface area contributed by atoms with Crippen molar-refractivity contribution in [3.05, 3.63) is 69.3 Å². The normalized spacial score (nSPS) is 11.5. The maximum Gasteiger partial charge on any atom is 0.336 e. The number of benzene rings is 1. The number of nitrogens with zero attached hydrogens (tertiary/aromatic N) is 1. The highest BCUT2D eigenvalue weighted by atomic mass is 35.6. The summed E-state index contributed by atoms with van der Waals surface area (Å²) >= 11 is 17.1. The molecule has 1 heterocycles. The summed E-state index contributed by atoms with van der Waals surface area (Å²) in [6.45, 7) is 0. The molecule has 0 saturated heterocycles. The number of nitriles is 1. The Bertz CT molecular complexity index is 765. The zero-order valence-corrected chi connectivity index (χ0v) is 12.8. The highest BCUT2D eigenvalue weighted by Gasteiger charge is 2.26. The maximum absolute atomic E-state index is 11.4. The predicted molar refractivity (Wildman–Crippen MR) is 84.3 cm³/mol. The van der Waals surface area contributed by atoms with Crippen LogP contribution in [-0.4, -0.2) is 0 Å². The van der Waals surface area contributed by atoms with Gasteiger partial charge in [0, 0.05) is 6.07 Å². The molecule has 0 spiro atoms. The van der Waals surface area contributed by atoms with Gasteiger partial charge in [-0.05, 0) is 29.3 Å². The fourth-order valence-electron chi connectivity index (χ4n) is 1.59. The Morgan fingerprint density at radius 2 is 1.67 bits per heavy atom. The number of halogens is 3. The molecule has 0 radical (unpaired) electrons. The second-order valence-corrected chi connectivity index (χ2v) is 6.42. The molecule has 0 N–H and O–H groups in total. The van der Waals surface area contributed by atoms with Gasteiger partial charge in [-0.2, -0.15) is 5.26 Å². The smallest absolute Gasteiger partial charge is 0.336 e. The van der Waals surface area contributed by atoms with E-state index < -0.39 is 9.42 Å². The molecular weight excluding hydrogens is 333 g/mol. The second-order valence-electron chi connectivity index (χ2n) is 4.14. The van der Waals surface area contributed by atoms with E-state index in [-0.39, 0.29) is 5.76 Å². The maximum atomic E-state index is 11.4. The van der Waals surface area contributed by atoms with Gasteiger partial charge in [-0.1, -0.05) is 59.1 Å². The molecule has 0 atom stereocenters. The summed E-state index contributed by atoms with van der Waals surface area (Å²) in [7, 11) is 0.